The highest BCUT2D eigenvalue weighted by Gasteiger charge is 2.35. The van der Waals surface area contributed by atoms with E-state index in [1.54, 1.807) is 6.07 Å². The summed E-state index contributed by atoms with van der Waals surface area (Å²) >= 11 is 0. The van der Waals surface area contributed by atoms with Crippen LogP contribution < -0.4 is 0 Å². The molecule has 0 aliphatic carbocycles. The number of hydrogen-bond acceptors (Lipinski definition) is 2. The van der Waals surface area contributed by atoms with E-state index in [2.05, 4.69) is 4.74 Å². The Hall–Kier alpha value is -2.30. The van der Waals surface area contributed by atoms with E-state index in [9.17, 15) is 18.0 Å². The molecule has 0 spiro atoms. The van der Waals surface area contributed by atoms with Crippen LogP contribution in [-0.2, 0) is 24.0 Å². The van der Waals surface area contributed by atoms with Crippen molar-refractivity contribution in [3.63, 3.8) is 0 Å². The average Bonchev–Trinajstić information content (AvgIpc) is 2.51. The van der Waals surface area contributed by atoms with E-state index in [1.807, 2.05) is 43.3 Å². The van der Waals surface area contributed by atoms with Gasteiger partial charge in [-0.25, -0.2) is 4.79 Å². The molecule has 0 N–H and O–H groups in total. The van der Waals surface area contributed by atoms with Crippen LogP contribution in [0.15, 0.2) is 48.5 Å². The molecule has 2 rings (SSSR count). The number of esters is 1. The lowest BCUT2D eigenvalue weighted by Gasteiger charge is -2.14. The van der Waals surface area contributed by atoms with Gasteiger partial charge in [-0.05, 0) is 42.0 Å². The molecule has 0 heterocycles. The fourth-order valence-corrected chi connectivity index (χ4v) is 2.56. The van der Waals surface area contributed by atoms with Crippen molar-refractivity contribution in [3.8, 4) is 0 Å². The Balaban J connectivity index is 2.21. The summed E-state index contributed by atoms with van der Waals surface area (Å²) in [4.78, 5) is 11.7. The minimum absolute atomic E-state index is 0.0182. The predicted molar refractivity (Wildman–Crippen MR) is 81.1 cm³/mol. The van der Waals surface area contributed by atoms with Gasteiger partial charge in [-0.1, -0.05) is 49.4 Å². The van der Waals surface area contributed by atoms with Crippen LogP contribution in [0, 0.1) is 0 Å². The van der Waals surface area contributed by atoms with Crippen molar-refractivity contribution in [1.82, 2.24) is 0 Å². The van der Waals surface area contributed by atoms with Crippen molar-refractivity contribution < 1.29 is 22.7 Å². The number of alkyl halides is 3. The van der Waals surface area contributed by atoms with Crippen molar-refractivity contribution in [1.29, 1.82) is 0 Å². The summed E-state index contributed by atoms with van der Waals surface area (Å²) in [7, 11) is 0. The Morgan fingerprint density at radius 3 is 2.30 bits per heavy atom. The van der Waals surface area contributed by atoms with Gasteiger partial charge in [-0.2, -0.15) is 0 Å². The topological polar surface area (TPSA) is 26.3 Å². The normalized spacial score (nSPS) is 11.3. The molecule has 0 unspecified atom stereocenters. The molecule has 0 aromatic heterocycles. The first kappa shape index (κ1) is 17.1. The number of ether oxygens (including phenoxy) is 1. The lowest BCUT2D eigenvalue weighted by molar-refractivity contribution is -0.291. The summed E-state index contributed by atoms with van der Waals surface area (Å²) in [5.41, 5.74) is 2.60. The Kier molecular flexibility index (Phi) is 5.42. The molecule has 0 radical (unpaired) electrons. The first-order valence-electron chi connectivity index (χ1n) is 7.35. The number of aryl methyl sites for hydroxylation is 2. The molecule has 5 heteroatoms. The number of halogens is 3. The number of benzene rings is 2. The van der Waals surface area contributed by atoms with Crippen LogP contribution >= 0.6 is 0 Å². The SMILES string of the molecule is CCc1c(CCc2ccccc2)cccc1C(=O)OC(F)(F)F. The highest BCUT2D eigenvalue weighted by Crippen LogP contribution is 2.23. The molecule has 0 saturated heterocycles. The van der Waals surface area contributed by atoms with Crippen LogP contribution in [0.25, 0.3) is 0 Å². The Bertz CT molecular complexity index is 664. The van der Waals surface area contributed by atoms with E-state index in [-0.39, 0.29) is 5.56 Å². The quantitative estimate of drug-likeness (QED) is 0.745. The molecule has 122 valence electrons. The van der Waals surface area contributed by atoms with E-state index >= 15 is 0 Å². The number of rotatable bonds is 5. The van der Waals surface area contributed by atoms with Gasteiger partial charge >= 0.3 is 12.3 Å². The first-order valence-corrected chi connectivity index (χ1v) is 7.35. The summed E-state index contributed by atoms with van der Waals surface area (Å²) in [5, 5.41) is 0. The Morgan fingerprint density at radius 1 is 1.00 bits per heavy atom. The van der Waals surface area contributed by atoms with Crippen molar-refractivity contribution >= 4 is 5.97 Å². The second-order valence-corrected chi connectivity index (χ2v) is 5.12. The summed E-state index contributed by atoms with van der Waals surface area (Å²) in [6.07, 6.45) is -3.10. The minimum atomic E-state index is -4.97. The van der Waals surface area contributed by atoms with Gasteiger partial charge in [0.2, 0.25) is 0 Å². The maximum absolute atomic E-state index is 12.3. The molecule has 0 atom stereocenters. The molecule has 0 aliphatic heterocycles. The molecule has 0 fully saturated rings. The summed E-state index contributed by atoms with van der Waals surface area (Å²) < 4.78 is 40.3. The van der Waals surface area contributed by atoms with Gasteiger partial charge in [0.25, 0.3) is 0 Å². The van der Waals surface area contributed by atoms with Gasteiger partial charge in [-0.15, -0.1) is 13.2 Å². The van der Waals surface area contributed by atoms with Gasteiger partial charge in [0.05, 0.1) is 5.56 Å². The second-order valence-electron chi connectivity index (χ2n) is 5.12. The fraction of sp³-hybridized carbons (Fsp3) is 0.278. The largest absolute Gasteiger partial charge is 0.575 e. The molecular weight excluding hydrogens is 305 g/mol. The molecule has 0 amide bonds. The van der Waals surface area contributed by atoms with Gasteiger partial charge in [-0.3, -0.25) is 0 Å². The molecule has 2 aromatic carbocycles. The maximum atomic E-state index is 12.3. The van der Waals surface area contributed by atoms with Gasteiger partial charge in [0.15, 0.2) is 0 Å². The van der Waals surface area contributed by atoms with Crippen molar-refractivity contribution in [2.75, 3.05) is 0 Å². The van der Waals surface area contributed by atoms with Crippen LogP contribution in [-0.4, -0.2) is 12.3 Å². The van der Waals surface area contributed by atoms with Crippen molar-refractivity contribution in [2.24, 2.45) is 0 Å². The summed E-state index contributed by atoms with van der Waals surface area (Å²) in [6.45, 7) is 1.81. The van der Waals surface area contributed by atoms with Gasteiger partial charge in [0.1, 0.15) is 0 Å². The van der Waals surface area contributed by atoms with Gasteiger partial charge in [0, 0.05) is 0 Å². The number of carbonyl (C=O) groups is 1. The Morgan fingerprint density at radius 2 is 1.70 bits per heavy atom. The van der Waals surface area contributed by atoms with Crippen molar-refractivity contribution in [3.05, 3.63) is 70.8 Å². The van der Waals surface area contributed by atoms with Crippen LogP contribution in [0.1, 0.15) is 34.0 Å². The van der Waals surface area contributed by atoms with E-state index in [1.165, 1.54) is 6.07 Å². The predicted octanol–water partition coefficient (Wildman–Crippen LogP) is 4.71. The molecule has 0 bridgehead atoms. The first-order chi connectivity index (χ1) is 10.9. The molecule has 0 saturated carbocycles. The fourth-order valence-electron chi connectivity index (χ4n) is 2.56. The summed E-state index contributed by atoms with van der Waals surface area (Å²) in [5.74, 6) is -1.35. The van der Waals surface area contributed by atoms with E-state index in [0.717, 1.165) is 17.5 Å². The zero-order valence-electron chi connectivity index (χ0n) is 12.7. The van der Waals surface area contributed by atoms with Crippen LogP contribution in [0.5, 0.6) is 0 Å². The molecule has 23 heavy (non-hydrogen) atoms. The number of hydrogen-bond donors (Lipinski definition) is 0. The zero-order chi connectivity index (χ0) is 16.9. The zero-order valence-corrected chi connectivity index (χ0v) is 12.7. The summed E-state index contributed by atoms with van der Waals surface area (Å²) in [6, 6.07) is 14.6. The molecule has 0 aliphatic rings. The lowest BCUT2D eigenvalue weighted by atomic mass is 9.94. The smallest absolute Gasteiger partial charge is 0.369 e. The second kappa shape index (κ2) is 7.31. The lowest BCUT2D eigenvalue weighted by Crippen LogP contribution is -2.21. The maximum Gasteiger partial charge on any atom is 0.575 e. The Labute approximate surface area is 132 Å². The third-order valence-corrected chi connectivity index (χ3v) is 3.58. The monoisotopic (exact) mass is 322 g/mol. The molecule has 2 aromatic rings. The van der Waals surface area contributed by atoms with Crippen molar-refractivity contribution in [2.45, 2.75) is 32.5 Å². The van der Waals surface area contributed by atoms with E-state index in [0.29, 0.717) is 18.4 Å². The molecular formula is C18H17F3O2. The third-order valence-electron chi connectivity index (χ3n) is 3.58. The van der Waals surface area contributed by atoms with E-state index in [4.69, 9.17) is 0 Å². The van der Waals surface area contributed by atoms with Crippen LogP contribution in [0.2, 0.25) is 0 Å². The van der Waals surface area contributed by atoms with E-state index < -0.39 is 12.3 Å². The highest BCUT2D eigenvalue weighted by molar-refractivity contribution is 5.91. The minimum Gasteiger partial charge on any atom is -0.369 e. The average molecular weight is 322 g/mol. The van der Waals surface area contributed by atoms with Crippen LogP contribution in [0.3, 0.4) is 0 Å². The molecule has 2 nitrogen and oxygen atoms in total. The number of carbonyl (C=O) groups excluding carboxylic acids is 1. The standard InChI is InChI=1S/C18H17F3O2/c1-2-15-14(12-11-13-7-4-3-5-8-13)9-6-10-16(15)17(22)23-18(19,20)21/h3-10H,2,11-12H2,1H3. The van der Waals surface area contributed by atoms with Gasteiger partial charge < -0.3 is 4.74 Å². The third kappa shape index (κ3) is 4.84. The van der Waals surface area contributed by atoms with Crippen LogP contribution in [0.4, 0.5) is 13.2 Å². The highest BCUT2D eigenvalue weighted by atomic mass is 19.4.